The predicted molar refractivity (Wildman–Crippen MR) is 72.9 cm³/mol. The summed E-state index contributed by atoms with van der Waals surface area (Å²) >= 11 is 0. The number of nitrogens with zero attached hydrogens (tertiary/aromatic N) is 1. The van der Waals surface area contributed by atoms with Crippen LogP contribution >= 0.6 is 0 Å². The number of hydrogen-bond donors (Lipinski definition) is 2. The molecule has 6 nitrogen and oxygen atoms in total. The van der Waals surface area contributed by atoms with Crippen LogP contribution in [-0.4, -0.2) is 25.7 Å². The number of aromatic nitrogens is 1. The van der Waals surface area contributed by atoms with Crippen LogP contribution in [0, 0.1) is 0 Å². The summed E-state index contributed by atoms with van der Waals surface area (Å²) in [5.74, 6) is -0.229. The fourth-order valence-corrected chi connectivity index (χ4v) is 3.29. The third-order valence-electron chi connectivity index (χ3n) is 2.72. The van der Waals surface area contributed by atoms with Crippen LogP contribution in [0.5, 0.6) is 0 Å². The molecule has 1 aromatic carbocycles. The lowest BCUT2D eigenvalue weighted by molar-refractivity contribution is 0.444. The van der Waals surface area contributed by atoms with E-state index >= 15 is 0 Å². The lowest BCUT2D eigenvalue weighted by Crippen LogP contribution is -2.49. The van der Waals surface area contributed by atoms with Crippen molar-refractivity contribution in [1.82, 2.24) is 9.88 Å². The second-order valence-corrected chi connectivity index (χ2v) is 6.80. The number of rotatable bonds is 5. The van der Waals surface area contributed by atoms with Gasteiger partial charge in [0.05, 0.1) is 0 Å². The zero-order valence-corrected chi connectivity index (χ0v) is 11.7. The Morgan fingerprint density at radius 3 is 2.74 bits per heavy atom. The van der Waals surface area contributed by atoms with Crippen LogP contribution in [0.15, 0.2) is 28.8 Å². The van der Waals surface area contributed by atoms with Gasteiger partial charge in [-0.2, -0.15) is 0 Å². The van der Waals surface area contributed by atoms with E-state index in [0.29, 0.717) is 16.7 Å². The Morgan fingerprint density at radius 1 is 1.37 bits per heavy atom. The highest BCUT2D eigenvalue weighted by molar-refractivity contribution is 7.88. The molecule has 2 aromatic rings. The van der Waals surface area contributed by atoms with Crippen molar-refractivity contribution in [2.24, 2.45) is 5.73 Å². The number of fused-ring (bicyclic) bond motifs is 1. The molecule has 0 unspecified atom stereocenters. The van der Waals surface area contributed by atoms with Gasteiger partial charge in [-0.05, 0) is 26.0 Å². The zero-order chi connectivity index (χ0) is 14.1. The second-order valence-electron chi connectivity index (χ2n) is 5.07. The Labute approximate surface area is 112 Å². The lowest BCUT2D eigenvalue weighted by Gasteiger charge is -2.23. The van der Waals surface area contributed by atoms with Crippen molar-refractivity contribution in [2.45, 2.75) is 25.1 Å². The molecule has 7 heteroatoms. The monoisotopic (exact) mass is 283 g/mol. The van der Waals surface area contributed by atoms with Gasteiger partial charge >= 0.3 is 0 Å². The minimum atomic E-state index is -3.52. The molecule has 0 bridgehead atoms. The molecule has 0 amide bonds. The second kappa shape index (κ2) is 4.92. The van der Waals surface area contributed by atoms with Gasteiger partial charge in [-0.15, -0.1) is 0 Å². The largest absolute Gasteiger partial charge is 0.356 e. The van der Waals surface area contributed by atoms with Gasteiger partial charge in [-0.25, -0.2) is 13.1 Å². The molecule has 3 N–H and O–H groups in total. The van der Waals surface area contributed by atoms with Crippen molar-refractivity contribution in [2.75, 3.05) is 6.54 Å². The van der Waals surface area contributed by atoms with Crippen molar-refractivity contribution < 1.29 is 12.9 Å². The quantitative estimate of drug-likeness (QED) is 0.852. The summed E-state index contributed by atoms with van der Waals surface area (Å²) < 4.78 is 31.8. The maximum atomic E-state index is 12.1. The highest BCUT2D eigenvalue weighted by Crippen LogP contribution is 2.19. The molecule has 2 rings (SSSR count). The molecule has 0 saturated carbocycles. The van der Waals surface area contributed by atoms with E-state index in [1.165, 1.54) is 0 Å². The van der Waals surface area contributed by atoms with Gasteiger partial charge in [-0.1, -0.05) is 17.3 Å². The lowest BCUT2D eigenvalue weighted by atomic mass is 10.1. The van der Waals surface area contributed by atoms with Crippen LogP contribution in [0.1, 0.15) is 19.5 Å². The molecular weight excluding hydrogens is 266 g/mol. The minimum absolute atomic E-state index is 0.214. The number of nitrogens with two attached hydrogens (primary N) is 1. The van der Waals surface area contributed by atoms with Crippen LogP contribution in [0.25, 0.3) is 11.0 Å². The average molecular weight is 283 g/mol. The van der Waals surface area contributed by atoms with Crippen LogP contribution in [-0.2, 0) is 15.8 Å². The first-order valence-corrected chi connectivity index (χ1v) is 7.53. The van der Waals surface area contributed by atoms with E-state index < -0.39 is 15.6 Å². The van der Waals surface area contributed by atoms with E-state index in [0.717, 1.165) is 0 Å². The molecule has 0 aliphatic heterocycles. The summed E-state index contributed by atoms with van der Waals surface area (Å²) in [6, 6.07) is 7.15. The Bertz CT molecular complexity index is 676. The van der Waals surface area contributed by atoms with Crippen molar-refractivity contribution >= 4 is 21.0 Å². The average Bonchev–Trinajstić information content (AvgIpc) is 2.71. The molecular formula is C12H17N3O3S. The van der Waals surface area contributed by atoms with Crippen LogP contribution in [0.3, 0.4) is 0 Å². The Morgan fingerprint density at radius 2 is 2.05 bits per heavy atom. The molecule has 104 valence electrons. The molecule has 0 aliphatic rings. The number of hydrogen-bond acceptors (Lipinski definition) is 5. The third-order valence-corrected chi connectivity index (χ3v) is 4.24. The number of para-hydroxylation sites is 1. The van der Waals surface area contributed by atoms with E-state index in [1.54, 1.807) is 26.0 Å². The zero-order valence-electron chi connectivity index (χ0n) is 10.9. The standard InChI is InChI=1S/C12H17N3O3S/c1-12(2,8-13)15-19(16,17)7-10-9-5-3-4-6-11(9)18-14-10/h3-6,15H,7-8,13H2,1-2H3. The SMILES string of the molecule is CC(C)(CN)NS(=O)(=O)Cc1noc2ccccc12. The van der Waals surface area contributed by atoms with Crippen LogP contribution < -0.4 is 10.5 Å². The molecule has 0 fully saturated rings. The van der Waals surface area contributed by atoms with E-state index in [-0.39, 0.29) is 12.3 Å². The Balaban J connectivity index is 2.25. The summed E-state index contributed by atoms with van der Waals surface area (Å²) in [7, 11) is -3.52. The normalized spacial score (nSPS) is 13.0. The first-order valence-electron chi connectivity index (χ1n) is 5.88. The smallest absolute Gasteiger partial charge is 0.218 e. The van der Waals surface area contributed by atoms with Gasteiger partial charge in [0.1, 0.15) is 11.4 Å². The first-order chi connectivity index (χ1) is 8.83. The highest BCUT2D eigenvalue weighted by Gasteiger charge is 2.25. The van der Waals surface area contributed by atoms with Gasteiger partial charge in [-0.3, -0.25) is 0 Å². The van der Waals surface area contributed by atoms with Crippen LogP contribution in [0.2, 0.25) is 0 Å². The summed E-state index contributed by atoms with van der Waals surface area (Å²) in [5.41, 5.74) is 5.81. The van der Waals surface area contributed by atoms with Crippen molar-refractivity contribution in [1.29, 1.82) is 0 Å². The molecule has 0 aliphatic carbocycles. The third kappa shape index (κ3) is 3.31. The predicted octanol–water partition coefficient (Wildman–Crippen LogP) is 0.985. The van der Waals surface area contributed by atoms with Crippen molar-refractivity contribution in [3.8, 4) is 0 Å². The molecule has 0 radical (unpaired) electrons. The van der Waals surface area contributed by atoms with Gasteiger partial charge in [0.2, 0.25) is 10.0 Å². The van der Waals surface area contributed by atoms with Gasteiger partial charge in [0.15, 0.2) is 5.58 Å². The molecule has 0 spiro atoms. The molecule has 0 atom stereocenters. The van der Waals surface area contributed by atoms with E-state index in [4.69, 9.17) is 10.3 Å². The number of benzene rings is 1. The molecule has 1 heterocycles. The van der Waals surface area contributed by atoms with Crippen LogP contribution in [0.4, 0.5) is 0 Å². The van der Waals surface area contributed by atoms with Crippen molar-refractivity contribution in [3.05, 3.63) is 30.0 Å². The Hall–Kier alpha value is -1.44. The fourth-order valence-electron chi connectivity index (χ4n) is 1.72. The van der Waals surface area contributed by atoms with E-state index in [2.05, 4.69) is 9.88 Å². The summed E-state index contributed by atoms with van der Waals surface area (Å²) in [6.07, 6.45) is 0. The topological polar surface area (TPSA) is 98.2 Å². The maximum absolute atomic E-state index is 12.1. The maximum Gasteiger partial charge on any atom is 0.218 e. The van der Waals surface area contributed by atoms with Gasteiger partial charge in [0, 0.05) is 17.5 Å². The fraction of sp³-hybridized carbons (Fsp3) is 0.417. The van der Waals surface area contributed by atoms with Gasteiger partial charge < -0.3 is 10.3 Å². The number of sulfonamides is 1. The number of nitrogens with one attached hydrogen (secondary N) is 1. The molecule has 19 heavy (non-hydrogen) atoms. The van der Waals surface area contributed by atoms with Crippen molar-refractivity contribution in [3.63, 3.8) is 0 Å². The summed E-state index contributed by atoms with van der Waals surface area (Å²) in [4.78, 5) is 0. The summed E-state index contributed by atoms with van der Waals surface area (Å²) in [6.45, 7) is 3.67. The minimum Gasteiger partial charge on any atom is -0.356 e. The Kier molecular flexibility index (Phi) is 3.62. The summed E-state index contributed by atoms with van der Waals surface area (Å²) in [5, 5.41) is 4.52. The highest BCUT2D eigenvalue weighted by atomic mass is 32.2. The van der Waals surface area contributed by atoms with E-state index in [9.17, 15) is 8.42 Å². The van der Waals surface area contributed by atoms with E-state index in [1.807, 2.05) is 12.1 Å². The molecule has 0 saturated heterocycles. The van der Waals surface area contributed by atoms with Gasteiger partial charge in [0.25, 0.3) is 0 Å². The first kappa shape index (κ1) is 14.0. The molecule has 1 aromatic heterocycles.